The molecule has 4 aromatic rings. The van der Waals surface area contributed by atoms with Gasteiger partial charge in [-0.1, -0.05) is 12.1 Å². The Morgan fingerprint density at radius 1 is 1.11 bits per heavy atom. The fraction of sp³-hybridized carbons (Fsp3) is 0.276. The lowest BCUT2D eigenvalue weighted by Crippen LogP contribution is -2.35. The summed E-state index contributed by atoms with van der Waals surface area (Å²) in [5.74, 6) is 1.42. The Morgan fingerprint density at radius 2 is 1.95 bits per heavy atom. The van der Waals surface area contributed by atoms with Crippen LogP contribution in [-0.2, 0) is 27.8 Å². The number of imidazole rings is 1. The Hall–Kier alpha value is -4.53. The first-order valence-corrected chi connectivity index (χ1v) is 12.9. The zero-order valence-corrected chi connectivity index (χ0v) is 20.9. The number of pyridine rings is 1. The van der Waals surface area contributed by atoms with E-state index in [0.29, 0.717) is 35.8 Å². The minimum Gasteiger partial charge on any atom is -0.343 e. The van der Waals surface area contributed by atoms with Crippen LogP contribution in [0.15, 0.2) is 48.7 Å². The smallest absolute Gasteiger partial charge is 0.251 e. The Kier molecular flexibility index (Phi) is 4.91. The lowest BCUT2D eigenvalue weighted by Gasteiger charge is -2.20. The third-order valence-corrected chi connectivity index (χ3v) is 7.90. The molecular weight excluding hydrogens is 480 g/mol. The molecule has 0 saturated heterocycles. The summed E-state index contributed by atoms with van der Waals surface area (Å²) in [4.78, 5) is 50.7. The lowest BCUT2D eigenvalue weighted by molar-refractivity contribution is -0.120. The number of carbonyl (C=O) groups excluding carboxylic acids is 3. The van der Waals surface area contributed by atoms with E-state index in [1.807, 2.05) is 37.3 Å². The van der Waals surface area contributed by atoms with E-state index in [2.05, 4.69) is 30.9 Å². The summed E-state index contributed by atoms with van der Waals surface area (Å²) in [7, 11) is 0. The molecular formula is C29H26N6O3. The molecule has 2 aliphatic carbocycles. The summed E-state index contributed by atoms with van der Waals surface area (Å²) in [5, 5.41) is 8.49. The minimum atomic E-state index is -0.657. The molecule has 1 aliphatic heterocycles. The third kappa shape index (κ3) is 3.65. The molecule has 4 N–H and O–H groups in total. The standard InChI is InChI=1S/C29H26N6O3/c1-15-9-18(11-22-24(15)34-25(33-22)16-4-5-16)27(37)31-14-23(36)32-20-7-6-17-12-29(13-19(17)10-20)21-3-2-8-30-26(21)35-28(29)38/h2-3,6-11,16H,4-5,12-14H2,1H3,(H,31,37)(H,32,36)(H,33,34)(H,30,35,38). The van der Waals surface area contributed by atoms with Crippen LogP contribution in [0.4, 0.5) is 11.5 Å². The number of amides is 3. The maximum Gasteiger partial charge on any atom is 0.251 e. The van der Waals surface area contributed by atoms with Crippen molar-refractivity contribution in [3.05, 3.63) is 82.3 Å². The van der Waals surface area contributed by atoms with Gasteiger partial charge in [-0.25, -0.2) is 9.97 Å². The largest absolute Gasteiger partial charge is 0.343 e. The number of H-pyrrole nitrogens is 1. The van der Waals surface area contributed by atoms with E-state index in [1.54, 1.807) is 18.3 Å². The molecule has 3 heterocycles. The molecule has 3 amide bonds. The molecule has 2 aromatic heterocycles. The van der Waals surface area contributed by atoms with Crippen LogP contribution >= 0.6 is 0 Å². The van der Waals surface area contributed by atoms with Gasteiger partial charge in [0.15, 0.2) is 0 Å². The van der Waals surface area contributed by atoms with E-state index in [4.69, 9.17) is 0 Å². The van der Waals surface area contributed by atoms with Gasteiger partial charge in [-0.3, -0.25) is 14.4 Å². The molecule has 1 unspecified atom stereocenters. The Bertz CT molecular complexity index is 1670. The molecule has 7 rings (SSSR count). The minimum absolute atomic E-state index is 0.0389. The molecule has 9 heteroatoms. The van der Waals surface area contributed by atoms with Crippen molar-refractivity contribution in [3.8, 4) is 0 Å². The number of benzene rings is 2. The van der Waals surface area contributed by atoms with Crippen molar-refractivity contribution >= 4 is 40.3 Å². The van der Waals surface area contributed by atoms with Crippen LogP contribution in [-0.4, -0.2) is 39.2 Å². The Morgan fingerprint density at radius 3 is 2.79 bits per heavy atom. The van der Waals surface area contributed by atoms with Crippen LogP contribution in [0.2, 0.25) is 0 Å². The second-order valence-corrected chi connectivity index (χ2v) is 10.6. The molecule has 1 fully saturated rings. The van der Waals surface area contributed by atoms with E-state index in [-0.39, 0.29) is 24.3 Å². The molecule has 0 radical (unpaired) electrons. The highest BCUT2D eigenvalue weighted by atomic mass is 16.2. The monoisotopic (exact) mass is 506 g/mol. The SMILES string of the molecule is Cc1cc(C(=O)NCC(=O)Nc2ccc3c(c2)CC2(C3)C(=O)Nc3ncccc32)cc2[nH]c(C3CC3)nc12. The number of hydrogen-bond donors (Lipinski definition) is 4. The Balaban J connectivity index is 1.01. The van der Waals surface area contributed by atoms with Gasteiger partial charge in [0.1, 0.15) is 11.6 Å². The summed E-state index contributed by atoms with van der Waals surface area (Å²) >= 11 is 0. The van der Waals surface area contributed by atoms with Crippen molar-refractivity contribution in [2.24, 2.45) is 0 Å². The van der Waals surface area contributed by atoms with Gasteiger partial charge in [-0.2, -0.15) is 0 Å². The van der Waals surface area contributed by atoms with Crippen molar-refractivity contribution in [3.63, 3.8) is 0 Å². The average Bonchev–Trinajstić information content (AvgIpc) is 3.45. The molecule has 1 atom stereocenters. The fourth-order valence-corrected chi connectivity index (χ4v) is 5.80. The number of fused-ring (bicyclic) bond motifs is 4. The van der Waals surface area contributed by atoms with E-state index in [9.17, 15) is 14.4 Å². The number of nitrogens with one attached hydrogen (secondary N) is 4. The van der Waals surface area contributed by atoms with Gasteiger partial charge in [-0.05, 0) is 79.6 Å². The molecule has 3 aliphatic rings. The lowest BCUT2D eigenvalue weighted by atomic mass is 9.79. The predicted molar refractivity (Wildman–Crippen MR) is 142 cm³/mol. The normalized spacial score (nSPS) is 19.3. The maximum atomic E-state index is 12.9. The van der Waals surface area contributed by atoms with Crippen molar-refractivity contribution < 1.29 is 14.4 Å². The number of rotatable bonds is 5. The van der Waals surface area contributed by atoms with E-state index < -0.39 is 5.41 Å². The number of aryl methyl sites for hydroxylation is 1. The molecule has 190 valence electrons. The number of hydrogen-bond acceptors (Lipinski definition) is 5. The number of aromatic amines is 1. The van der Waals surface area contributed by atoms with Gasteiger partial charge in [-0.15, -0.1) is 0 Å². The Labute approximate surface area is 218 Å². The predicted octanol–water partition coefficient (Wildman–Crippen LogP) is 3.50. The van der Waals surface area contributed by atoms with Crippen molar-refractivity contribution in [2.75, 3.05) is 17.2 Å². The average molecular weight is 507 g/mol. The summed E-state index contributed by atoms with van der Waals surface area (Å²) in [5.41, 5.74) is 6.13. The van der Waals surface area contributed by atoms with Gasteiger partial charge < -0.3 is 20.9 Å². The topological polar surface area (TPSA) is 129 Å². The summed E-state index contributed by atoms with van der Waals surface area (Å²) < 4.78 is 0. The second-order valence-electron chi connectivity index (χ2n) is 10.6. The maximum absolute atomic E-state index is 12.9. The highest BCUT2D eigenvalue weighted by molar-refractivity contribution is 6.06. The van der Waals surface area contributed by atoms with Gasteiger partial charge in [0.25, 0.3) is 5.91 Å². The van der Waals surface area contributed by atoms with E-state index in [0.717, 1.165) is 52.0 Å². The molecule has 0 bridgehead atoms. The molecule has 9 nitrogen and oxygen atoms in total. The van der Waals surface area contributed by atoms with E-state index >= 15 is 0 Å². The second kappa shape index (κ2) is 8.24. The van der Waals surface area contributed by atoms with Gasteiger partial charge in [0.05, 0.1) is 23.0 Å². The van der Waals surface area contributed by atoms with Crippen LogP contribution in [0.25, 0.3) is 11.0 Å². The number of anilines is 2. The highest BCUT2D eigenvalue weighted by Crippen LogP contribution is 2.47. The third-order valence-electron chi connectivity index (χ3n) is 7.90. The van der Waals surface area contributed by atoms with Crippen molar-refractivity contribution in [1.29, 1.82) is 0 Å². The zero-order chi connectivity index (χ0) is 26.0. The zero-order valence-electron chi connectivity index (χ0n) is 20.9. The number of carbonyl (C=O) groups is 3. The van der Waals surface area contributed by atoms with Crippen LogP contribution in [0.5, 0.6) is 0 Å². The molecule has 2 aromatic carbocycles. The highest BCUT2D eigenvalue weighted by Gasteiger charge is 2.51. The van der Waals surface area contributed by atoms with Gasteiger partial charge in [0, 0.05) is 28.9 Å². The fourth-order valence-electron chi connectivity index (χ4n) is 5.80. The first-order valence-electron chi connectivity index (χ1n) is 12.9. The summed E-state index contributed by atoms with van der Waals surface area (Å²) in [6.45, 7) is 1.78. The van der Waals surface area contributed by atoms with Crippen LogP contribution in [0.1, 0.15) is 57.2 Å². The first-order chi connectivity index (χ1) is 18.4. The summed E-state index contributed by atoms with van der Waals surface area (Å²) in [6.07, 6.45) is 5.11. The first kappa shape index (κ1) is 22.7. The van der Waals surface area contributed by atoms with Crippen molar-refractivity contribution in [2.45, 2.75) is 43.9 Å². The van der Waals surface area contributed by atoms with Gasteiger partial charge in [0.2, 0.25) is 11.8 Å². The summed E-state index contributed by atoms with van der Waals surface area (Å²) in [6, 6.07) is 13.1. The van der Waals surface area contributed by atoms with Gasteiger partial charge >= 0.3 is 0 Å². The molecule has 1 saturated carbocycles. The van der Waals surface area contributed by atoms with Crippen LogP contribution in [0.3, 0.4) is 0 Å². The quantitative estimate of drug-likeness (QED) is 0.329. The van der Waals surface area contributed by atoms with Crippen LogP contribution < -0.4 is 16.0 Å². The molecule has 1 spiro atoms. The number of nitrogens with zero attached hydrogens (tertiary/aromatic N) is 2. The van der Waals surface area contributed by atoms with E-state index in [1.165, 1.54) is 0 Å². The molecule has 38 heavy (non-hydrogen) atoms. The van der Waals surface area contributed by atoms with Crippen molar-refractivity contribution in [1.82, 2.24) is 20.3 Å². The van der Waals surface area contributed by atoms with Crippen LogP contribution in [0, 0.1) is 6.92 Å². The number of aromatic nitrogens is 3.